The summed E-state index contributed by atoms with van der Waals surface area (Å²) in [6.45, 7) is 2.88. The minimum absolute atomic E-state index is 0.0212. The molecule has 0 atom stereocenters. The number of rotatable bonds is 13. The first kappa shape index (κ1) is 22.5. The lowest BCUT2D eigenvalue weighted by Gasteiger charge is -2.10. The van der Waals surface area contributed by atoms with Crippen LogP contribution < -0.4 is 10.1 Å². The van der Waals surface area contributed by atoms with Gasteiger partial charge in [-0.25, -0.2) is 4.79 Å². The minimum atomic E-state index is -1.13. The zero-order valence-electron chi connectivity index (χ0n) is 17.2. The summed E-state index contributed by atoms with van der Waals surface area (Å²) in [6.07, 6.45) is 9.97. The van der Waals surface area contributed by atoms with E-state index in [-0.39, 0.29) is 11.1 Å². The Hall–Kier alpha value is -2.82. The van der Waals surface area contributed by atoms with Crippen molar-refractivity contribution in [2.75, 3.05) is 11.9 Å². The standard InChI is InChI=1S/C24H31NO4/c1-2-3-4-5-6-7-8-11-17-29-20-14-12-13-19(18-20)25-23(26)21-15-9-10-16-22(21)24(27)28/h9-10,12-16,18H,2-8,11,17H2,1H3,(H,25,26)(H,27,28). The zero-order chi connectivity index (χ0) is 20.9. The first-order valence-corrected chi connectivity index (χ1v) is 10.5. The van der Waals surface area contributed by atoms with Crippen LogP contribution in [-0.2, 0) is 0 Å². The van der Waals surface area contributed by atoms with Gasteiger partial charge >= 0.3 is 5.97 Å². The molecule has 2 rings (SSSR count). The van der Waals surface area contributed by atoms with Crippen molar-refractivity contribution in [1.29, 1.82) is 0 Å². The normalized spacial score (nSPS) is 10.5. The highest BCUT2D eigenvalue weighted by atomic mass is 16.5. The summed E-state index contributed by atoms with van der Waals surface area (Å²) in [5.74, 6) is -0.890. The largest absolute Gasteiger partial charge is 0.494 e. The molecule has 2 aromatic carbocycles. The summed E-state index contributed by atoms with van der Waals surface area (Å²) >= 11 is 0. The van der Waals surface area contributed by atoms with Crippen molar-refractivity contribution in [1.82, 2.24) is 0 Å². The Bertz CT molecular complexity index is 788. The maximum atomic E-state index is 12.5. The second-order valence-corrected chi connectivity index (χ2v) is 7.16. The second kappa shape index (κ2) is 12.6. The summed E-state index contributed by atoms with van der Waals surface area (Å²) in [6, 6.07) is 13.3. The van der Waals surface area contributed by atoms with Gasteiger partial charge in [0.2, 0.25) is 0 Å². The molecule has 5 nitrogen and oxygen atoms in total. The second-order valence-electron chi connectivity index (χ2n) is 7.16. The molecule has 0 unspecified atom stereocenters. The first-order chi connectivity index (χ1) is 14.1. The van der Waals surface area contributed by atoms with E-state index in [1.54, 1.807) is 24.3 Å². The van der Waals surface area contributed by atoms with Crippen molar-refractivity contribution in [3.8, 4) is 5.75 Å². The molecule has 0 spiro atoms. The number of carboxylic acid groups (broad SMARTS) is 1. The number of carbonyl (C=O) groups is 2. The molecule has 0 saturated heterocycles. The van der Waals surface area contributed by atoms with Crippen LogP contribution in [0.4, 0.5) is 5.69 Å². The van der Waals surface area contributed by atoms with Crippen molar-refractivity contribution >= 4 is 17.6 Å². The van der Waals surface area contributed by atoms with Crippen molar-refractivity contribution in [3.05, 3.63) is 59.7 Å². The van der Waals surface area contributed by atoms with Gasteiger partial charge in [-0.1, -0.05) is 70.1 Å². The molecule has 0 bridgehead atoms. The molecule has 0 aliphatic rings. The number of nitrogens with one attached hydrogen (secondary N) is 1. The summed E-state index contributed by atoms with van der Waals surface area (Å²) in [5, 5.41) is 12.0. The molecule has 0 saturated carbocycles. The lowest BCUT2D eigenvalue weighted by Crippen LogP contribution is -2.16. The van der Waals surface area contributed by atoms with Gasteiger partial charge in [0.15, 0.2) is 0 Å². The highest BCUT2D eigenvalue weighted by Gasteiger charge is 2.15. The summed E-state index contributed by atoms with van der Waals surface area (Å²) < 4.78 is 5.80. The maximum Gasteiger partial charge on any atom is 0.336 e. The van der Waals surface area contributed by atoms with E-state index < -0.39 is 11.9 Å². The molecule has 0 aromatic heterocycles. The monoisotopic (exact) mass is 397 g/mol. The lowest BCUT2D eigenvalue weighted by molar-refractivity contribution is 0.0692. The molecule has 0 heterocycles. The SMILES string of the molecule is CCCCCCCCCCOc1cccc(NC(=O)c2ccccc2C(=O)O)c1. The van der Waals surface area contributed by atoms with E-state index in [0.29, 0.717) is 18.0 Å². The van der Waals surface area contributed by atoms with Gasteiger partial charge < -0.3 is 15.2 Å². The van der Waals surface area contributed by atoms with E-state index in [4.69, 9.17) is 4.74 Å². The van der Waals surface area contributed by atoms with E-state index in [1.807, 2.05) is 12.1 Å². The van der Waals surface area contributed by atoms with Crippen molar-refractivity contribution in [2.24, 2.45) is 0 Å². The highest BCUT2D eigenvalue weighted by Crippen LogP contribution is 2.20. The maximum absolute atomic E-state index is 12.5. The number of hydrogen-bond donors (Lipinski definition) is 2. The van der Waals surface area contributed by atoms with Crippen LogP contribution in [0.25, 0.3) is 0 Å². The fourth-order valence-electron chi connectivity index (χ4n) is 3.16. The minimum Gasteiger partial charge on any atom is -0.494 e. The predicted octanol–water partition coefficient (Wildman–Crippen LogP) is 6.16. The van der Waals surface area contributed by atoms with Gasteiger partial charge in [-0.3, -0.25) is 4.79 Å². The molecule has 156 valence electrons. The zero-order valence-corrected chi connectivity index (χ0v) is 17.2. The Balaban J connectivity index is 1.78. The lowest BCUT2D eigenvalue weighted by atomic mass is 10.1. The van der Waals surface area contributed by atoms with Crippen LogP contribution in [0.5, 0.6) is 5.75 Å². The molecule has 5 heteroatoms. The molecule has 1 amide bonds. The molecule has 0 aliphatic heterocycles. The van der Waals surface area contributed by atoms with Crippen LogP contribution in [0.1, 0.15) is 79.0 Å². The Labute approximate surface area is 173 Å². The van der Waals surface area contributed by atoms with Gasteiger partial charge in [-0.15, -0.1) is 0 Å². The molecule has 2 N–H and O–H groups in total. The predicted molar refractivity (Wildman–Crippen MR) is 116 cm³/mol. The third-order valence-corrected chi connectivity index (χ3v) is 4.76. The number of amides is 1. The Morgan fingerprint density at radius 1 is 0.862 bits per heavy atom. The molecule has 2 aromatic rings. The van der Waals surface area contributed by atoms with Gasteiger partial charge in [-0.05, 0) is 30.7 Å². The number of aromatic carboxylic acids is 1. The smallest absolute Gasteiger partial charge is 0.336 e. The van der Waals surface area contributed by atoms with Crippen LogP contribution in [0.2, 0.25) is 0 Å². The van der Waals surface area contributed by atoms with E-state index in [9.17, 15) is 14.7 Å². The van der Waals surface area contributed by atoms with Crippen LogP contribution in [0.3, 0.4) is 0 Å². The number of carbonyl (C=O) groups excluding carboxylic acids is 1. The Morgan fingerprint density at radius 2 is 1.52 bits per heavy atom. The van der Waals surface area contributed by atoms with Crippen molar-refractivity contribution in [2.45, 2.75) is 58.3 Å². The van der Waals surface area contributed by atoms with Crippen LogP contribution in [-0.4, -0.2) is 23.6 Å². The number of anilines is 1. The molecule has 0 radical (unpaired) electrons. The quantitative estimate of drug-likeness (QED) is 0.397. The van der Waals surface area contributed by atoms with Gasteiger partial charge in [0.25, 0.3) is 5.91 Å². The molecule has 0 fully saturated rings. The molecular weight excluding hydrogens is 366 g/mol. The molecule has 0 aliphatic carbocycles. The van der Waals surface area contributed by atoms with Gasteiger partial charge in [0.1, 0.15) is 5.75 Å². The third-order valence-electron chi connectivity index (χ3n) is 4.76. The van der Waals surface area contributed by atoms with Gasteiger partial charge in [-0.2, -0.15) is 0 Å². The number of ether oxygens (including phenoxy) is 1. The number of carboxylic acids is 1. The summed E-state index contributed by atoms with van der Waals surface area (Å²) in [4.78, 5) is 23.8. The van der Waals surface area contributed by atoms with Crippen LogP contribution >= 0.6 is 0 Å². The molecule has 29 heavy (non-hydrogen) atoms. The van der Waals surface area contributed by atoms with E-state index in [1.165, 1.54) is 50.7 Å². The average Bonchev–Trinajstić information content (AvgIpc) is 2.73. The average molecular weight is 398 g/mol. The Morgan fingerprint density at radius 3 is 2.21 bits per heavy atom. The van der Waals surface area contributed by atoms with Crippen molar-refractivity contribution in [3.63, 3.8) is 0 Å². The number of hydrogen-bond acceptors (Lipinski definition) is 3. The van der Waals surface area contributed by atoms with E-state index >= 15 is 0 Å². The topological polar surface area (TPSA) is 75.6 Å². The van der Waals surface area contributed by atoms with Crippen LogP contribution in [0.15, 0.2) is 48.5 Å². The summed E-state index contributed by atoms with van der Waals surface area (Å²) in [5.41, 5.74) is 0.681. The Kier molecular flexibility index (Phi) is 9.76. The molecular formula is C24H31NO4. The first-order valence-electron chi connectivity index (χ1n) is 10.5. The number of unbranched alkanes of at least 4 members (excludes halogenated alkanes) is 7. The van der Waals surface area contributed by atoms with Crippen molar-refractivity contribution < 1.29 is 19.4 Å². The fourth-order valence-corrected chi connectivity index (χ4v) is 3.16. The third kappa shape index (κ3) is 7.98. The fraction of sp³-hybridized carbons (Fsp3) is 0.417. The van der Waals surface area contributed by atoms with E-state index in [2.05, 4.69) is 12.2 Å². The van der Waals surface area contributed by atoms with Gasteiger partial charge in [0, 0.05) is 11.8 Å². The summed E-state index contributed by atoms with van der Waals surface area (Å²) in [7, 11) is 0. The van der Waals surface area contributed by atoms with Crippen LogP contribution in [0, 0.1) is 0 Å². The van der Waals surface area contributed by atoms with E-state index in [0.717, 1.165) is 12.8 Å². The number of benzene rings is 2. The highest BCUT2D eigenvalue weighted by molar-refractivity contribution is 6.10. The van der Waals surface area contributed by atoms with Gasteiger partial charge in [0.05, 0.1) is 17.7 Å².